The second-order valence-corrected chi connectivity index (χ2v) is 6.02. The first-order valence-corrected chi connectivity index (χ1v) is 8.13. The molecule has 2 heterocycles. The minimum absolute atomic E-state index is 0.0867. The third kappa shape index (κ3) is 3.77. The number of hydrogen-bond acceptors (Lipinski definition) is 5. The average Bonchev–Trinajstić information content (AvgIpc) is 3.04. The SMILES string of the molecule is CCn1cnnc1[C@@H]1CN(C[C@H](O)c2ccc(C)cc2)CCO1. The predicted molar refractivity (Wildman–Crippen MR) is 87.0 cm³/mol. The monoisotopic (exact) mass is 316 g/mol. The lowest BCUT2D eigenvalue weighted by atomic mass is 10.1. The van der Waals surface area contributed by atoms with Gasteiger partial charge in [0.05, 0.1) is 12.7 Å². The first kappa shape index (κ1) is 16.1. The van der Waals surface area contributed by atoms with E-state index >= 15 is 0 Å². The van der Waals surface area contributed by atoms with Gasteiger partial charge in [-0.3, -0.25) is 4.90 Å². The zero-order valence-electron chi connectivity index (χ0n) is 13.7. The number of aromatic nitrogens is 3. The molecule has 0 bridgehead atoms. The molecule has 1 aromatic carbocycles. The Bertz CT molecular complexity index is 626. The Kier molecular flexibility index (Phi) is 5.05. The van der Waals surface area contributed by atoms with Crippen LogP contribution in [0.3, 0.4) is 0 Å². The number of nitrogens with zero attached hydrogens (tertiary/aromatic N) is 4. The smallest absolute Gasteiger partial charge is 0.163 e. The summed E-state index contributed by atoms with van der Waals surface area (Å²) in [6.07, 6.45) is 1.16. The molecule has 0 amide bonds. The van der Waals surface area contributed by atoms with E-state index in [0.29, 0.717) is 13.2 Å². The molecule has 2 aromatic rings. The molecule has 1 fully saturated rings. The van der Waals surface area contributed by atoms with Crippen molar-refractivity contribution in [2.45, 2.75) is 32.6 Å². The maximum absolute atomic E-state index is 10.5. The van der Waals surface area contributed by atoms with Crippen molar-refractivity contribution in [2.24, 2.45) is 0 Å². The van der Waals surface area contributed by atoms with Crippen molar-refractivity contribution < 1.29 is 9.84 Å². The third-order valence-electron chi connectivity index (χ3n) is 4.32. The molecule has 3 rings (SSSR count). The zero-order valence-corrected chi connectivity index (χ0v) is 13.7. The summed E-state index contributed by atoms with van der Waals surface area (Å²) < 4.78 is 7.86. The van der Waals surface area contributed by atoms with Gasteiger partial charge >= 0.3 is 0 Å². The second kappa shape index (κ2) is 7.21. The molecule has 1 aliphatic heterocycles. The molecular weight excluding hydrogens is 292 g/mol. The summed E-state index contributed by atoms with van der Waals surface area (Å²) in [6, 6.07) is 8.05. The molecule has 0 aliphatic carbocycles. The highest BCUT2D eigenvalue weighted by Gasteiger charge is 2.27. The predicted octanol–water partition coefficient (Wildman–Crippen LogP) is 1.71. The van der Waals surface area contributed by atoms with Crippen LogP contribution in [-0.2, 0) is 11.3 Å². The molecule has 0 radical (unpaired) electrons. The van der Waals surface area contributed by atoms with Gasteiger partial charge in [0.15, 0.2) is 5.82 Å². The summed E-state index contributed by atoms with van der Waals surface area (Å²) in [5.41, 5.74) is 2.15. The Hall–Kier alpha value is -1.76. The molecule has 0 saturated carbocycles. The van der Waals surface area contributed by atoms with Crippen LogP contribution in [0.1, 0.15) is 36.1 Å². The average molecular weight is 316 g/mol. The van der Waals surface area contributed by atoms with E-state index in [1.54, 1.807) is 6.33 Å². The summed E-state index contributed by atoms with van der Waals surface area (Å²) in [5, 5.41) is 18.6. The van der Waals surface area contributed by atoms with Crippen molar-refractivity contribution in [3.05, 3.63) is 47.5 Å². The van der Waals surface area contributed by atoms with Gasteiger partial charge in [-0.25, -0.2) is 0 Å². The molecule has 23 heavy (non-hydrogen) atoms. The van der Waals surface area contributed by atoms with Crippen molar-refractivity contribution in [3.63, 3.8) is 0 Å². The molecule has 0 spiro atoms. The van der Waals surface area contributed by atoms with Crippen LogP contribution in [0.5, 0.6) is 0 Å². The second-order valence-electron chi connectivity index (χ2n) is 6.02. The number of β-amino-alcohol motifs (C(OH)–C–C–N with tert-alkyl or cyclic N) is 1. The summed E-state index contributed by atoms with van der Waals surface area (Å²) >= 11 is 0. The van der Waals surface area contributed by atoms with E-state index in [2.05, 4.69) is 22.0 Å². The van der Waals surface area contributed by atoms with Gasteiger partial charge in [-0.15, -0.1) is 10.2 Å². The normalized spacial score (nSPS) is 20.6. The van der Waals surface area contributed by atoms with Crippen molar-refractivity contribution >= 4 is 0 Å². The fourth-order valence-electron chi connectivity index (χ4n) is 2.92. The van der Waals surface area contributed by atoms with Crippen LogP contribution in [0.15, 0.2) is 30.6 Å². The molecule has 6 nitrogen and oxygen atoms in total. The molecule has 0 unspecified atom stereocenters. The van der Waals surface area contributed by atoms with E-state index in [-0.39, 0.29) is 6.10 Å². The standard InChI is InChI=1S/C17H24N4O2/c1-3-21-12-18-19-17(21)16-11-20(8-9-23-16)10-15(22)14-6-4-13(2)5-7-14/h4-7,12,15-16,22H,3,8-11H2,1-2H3/t15-,16-/m0/s1. The summed E-state index contributed by atoms with van der Waals surface area (Å²) in [7, 11) is 0. The van der Waals surface area contributed by atoms with Gasteiger partial charge < -0.3 is 14.4 Å². The summed E-state index contributed by atoms with van der Waals surface area (Å²) in [6.45, 7) is 7.72. The van der Waals surface area contributed by atoms with Gasteiger partial charge in [-0.05, 0) is 19.4 Å². The lowest BCUT2D eigenvalue weighted by Gasteiger charge is -2.33. The zero-order chi connectivity index (χ0) is 16.2. The fourth-order valence-corrected chi connectivity index (χ4v) is 2.92. The minimum atomic E-state index is -0.488. The quantitative estimate of drug-likeness (QED) is 0.910. The van der Waals surface area contributed by atoms with Crippen LogP contribution in [0, 0.1) is 6.92 Å². The van der Waals surface area contributed by atoms with Crippen LogP contribution in [0.4, 0.5) is 0 Å². The van der Waals surface area contributed by atoms with Crippen molar-refractivity contribution in [2.75, 3.05) is 26.2 Å². The summed E-state index contributed by atoms with van der Waals surface area (Å²) in [4.78, 5) is 2.23. The molecule has 124 valence electrons. The van der Waals surface area contributed by atoms with Gasteiger partial charge in [0, 0.05) is 26.2 Å². The molecule has 1 N–H and O–H groups in total. The van der Waals surface area contributed by atoms with Gasteiger partial charge in [0.25, 0.3) is 0 Å². The Labute approximate surface area is 136 Å². The Morgan fingerprint density at radius 3 is 2.87 bits per heavy atom. The van der Waals surface area contributed by atoms with Crippen molar-refractivity contribution in [1.82, 2.24) is 19.7 Å². The maximum atomic E-state index is 10.5. The minimum Gasteiger partial charge on any atom is -0.387 e. The highest BCUT2D eigenvalue weighted by atomic mass is 16.5. The largest absolute Gasteiger partial charge is 0.387 e. The number of rotatable bonds is 5. The van der Waals surface area contributed by atoms with Gasteiger partial charge in [-0.2, -0.15) is 0 Å². The lowest BCUT2D eigenvalue weighted by molar-refractivity contribution is -0.0476. The highest BCUT2D eigenvalue weighted by molar-refractivity contribution is 5.23. The van der Waals surface area contributed by atoms with E-state index in [1.807, 2.05) is 35.8 Å². The maximum Gasteiger partial charge on any atom is 0.163 e. The fraction of sp³-hybridized carbons (Fsp3) is 0.529. The first-order chi connectivity index (χ1) is 11.2. The first-order valence-electron chi connectivity index (χ1n) is 8.13. The third-order valence-corrected chi connectivity index (χ3v) is 4.32. The molecular formula is C17H24N4O2. The number of hydrogen-bond donors (Lipinski definition) is 1. The van der Waals surface area contributed by atoms with Crippen molar-refractivity contribution in [3.8, 4) is 0 Å². The van der Waals surface area contributed by atoms with E-state index < -0.39 is 6.10 Å². The molecule has 2 atom stereocenters. The number of morpholine rings is 1. The van der Waals surface area contributed by atoms with Crippen LogP contribution in [0.25, 0.3) is 0 Å². The van der Waals surface area contributed by atoms with E-state index in [1.165, 1.54) is 5.56 Å². The number of aryl methyl sites for hydroxylation is 2. The van der Waals surface area contributed by atoms with Crippen LogP contribution < -0.4 is 0 Å². The number of aliphatic hydroxyl groups is 1. The van der Waals surface area contributed by atoms with E-state index in [4.69, 9.17) is 4.74 Å². The molecule has 1 aliphatic rings. The van der Waals surface area contributed by atoms with Crippen LogP contribution >= 0.6 is 0 Å². The van der Waals surface area contributed by atoms with Gasteiger partial charge in [-0.1, -0.05) is 29.8 Å². The summed E-state index contributed by atoms with van der Waals surface area (Å²) in [5.74, 6) is 0.863. The van der Waals surface area contributed by atoms with Crippen LogP contribution in [0.2, 0.25) is 0 Å². The molecule has 1 aromatic heterocycles. The number of benzene rings is 1. The highest BCUT2D eigenvalue weighted by Crippen LogP contribution is 2.23. The van der Waals surface area contributed by atoms with Crippen molar-refractivity contribution in [1.29, 1.82) is 0 Å². The van der Waals surface area contributed by atoms with Gasteiger partial charge in [0.2, 0.25) is 0 Å². The van der Waals surface area contributed by atoms with Gasteiger partial charge in [0.1, 0.15) is 12.4 Å². The Morgan fingerprint density at radius 1 is 1.35 bits per heavy atom. The molecule has 6 heteroatoms. The Morgan fingerprint density at radius 2 is 2.13 bits per heavy atom. The van der Waals surface area contributed by atoms with E-state index in [0.717, 1.165) is 31.0 Å². The Balaban J connectivity index is 1.63. The number of ether oxygens (including phenoxy) is 1. The number of aliphatic hydroxyl groups excluding tert-OH is 1. The van der Waals surface area contributed by atoms with Crippen LogP contribution in [-0.4, -0.2) is 51.0 Å². The molecule has 1 saturated heterocycles. The topological polar surface area (TPSA) is 63.4 Å². The van der Waals surface area contributed by atoms with E-state index in [9.17, 15) is 5.11 Å². The lowest BCUT2D eigenvalue weighted by Crippen LogP contribution is -2.41.